The molecule has 1 saturated heterocycles. The molecule has 2 heterocycles. The van der Waals surface area contributed by atoms with Crippen molar-refractivity contribution in [2.75, 3.05) is 11.9 Å². The van der Waals surface area contributed by atoms with Crippen LogP contribution in [0.3, 0.4) is 0 Å². The van der Waals surface area contributed by atoms with Gasteiger partial charge in [0.2, 0.25) is 17.8 Å². The molecule has 3 rings (SSSR count). The summed E-state index contributed by atoms with van der Waals surface area (Å²) in [5.74, 6) is 0.0398. The summed E-state index contributed by atoms with van der Waals surface area (Å²) in [4.78, 5) is 33.8. The number of H-pyrrole nitrogens is 1. The van der Waals surface area contributed by atoms with Crippen LogP contribution in [0.15, 0.2) is 24.3 Å². The van der Waals surface area contributed by atoms with Gasteiger partial charge in [-0.25, -0.2) is 4.98 Å². The molecule has 1 aliphatic heterocycles. The molecule has 0 spiro atoms. The van der Waals surface area contributed by atoms with Crippen LogP contribution in [0.4, 0.5) is 5.95 Å². The van der Waals surface area contributed by atoms with Gasteiger partial charge < -0.3 is 9.88 Å². The number of nitrogens with zero attached hydrogens (tertiary/aromatic N) is 2. The van der Waals surface area contributed by atoms with Gasteiger partial charge in [-0.2, -0.15) is 0 Å². The molecule has 0 bridgehead atoms. The number of nitrogens with one attached hydrogen (secondary N) is 2. The average Bonchev–Trinajstić information content (AvgIpc) is 3.10. The van der Waals surface area contributed by atoms with Gasteiger partial charge in [0, 0.05) is 19.0 Å². The third kappa shape index (κ3) is 3.21. The fraction of sp³-hybridized carbons (Fsp3) is 0.471. The molecule has 2 N–H and O–H groups in total. The zero-order valence-corrected chi connectivity index (χ0v) is 13.5. The minimum Gasteiger partial charge on any atom is -0.339 e. The highest BCUT2D eigenvalue weighted by molar-refractivity contribution is 5.97. The van der Waals surface area contributed by atoms with Crippen LogP contribution in [-0.2, 0) is 9.59 Å². The number of likely N-dealkylation sites (tertiary alicyclic amines) is 1. The Balaban J connectivity index is 1.65. The topological polar surface area (TPSA) is 78.1 Å². The van der Waals surface area contributed by atoms with Gasteiger partial charge >= 0.3 is 0 Å². The lowest BCUT2D eigenvalue weighted by Gasteiger charge is -2.24. The molecule has 122 valence electrons. The van der Waals surface area contributed by atoms with E-state index >= 15 is 0 Å². The number of aromatic nitrogens is 2. The first-order chi connectivity index (χ1) is 11.1. The lowest BCUT2D eigenvalue weighted by atomic mass is 10.1. The van der Waals surface area contributed by atoms with Crippen molar-refractivity contribution in [1.82, 2.24) is 14.9 Å². The highest BCUT2D eigenvalue weighted by Crippen LogP contribution is 2.23. The second-order valence-electron chi connectivity index (χ2n) is 6.18. The summed E-state index contributed by atoms with van der Waals surface area (Å²) < 4.78 is 0. The Morgan fingerprint density at radius 1 is 1.48 bits per heavy atom. The van der Waals surface area contributed by atoms with Gasteiger partial charge in [0.15, 0.2) is 0 Å². The number of aromatic amines is 1. The zero-order valence-electron chi connectivity index (χ0n) is 13.5. The molecule has 1 aliphatic rings. The van der Waals surface area contributed by atoms with E-state index < -0.39 is 0 Å². The first-order valence-corrected chi connectivity index (χ1v) is 8.13. The van der Waals surface area contributed by atoms with Crippen molar-refractivity contribution in [2.45, 2.75) is 39.2 Å². The Bertz CT molecular complexity index is 691. The highest BCUT2D eigenvalue weighted by atomic mass is 16.2. The van der Waals surface area contributed by atoms with Gasteiger partial charge in [0.25, 0.3) is 0 Å². The summed E-state index contributed by atoms with van der Waals surface area (Å²) in [7, 11) is 0. The Morgan fingerprint density at radius 3 is 3.00 bits per heavy atom. The molecule has 2 atom stereocenters. The maximum absolute atomic E-state index is 12.4. The van der Waals surface area contributed by atoms with Crippen molar-refractivity contribution in [3.05, 3.63) is 24.3 Å². The summed E-state index contributed by atoms with van der Waals surface area (Å²) in [6.45, 7) is 4.63. The fourth-order valence-corrected chi connectivity index (χ4v) is 3.14. The van der Waals surface area contributed by atoms with Crippen LogP contribution in [0.1, 0.15) is 33.1 Å². The molecule has 1 fully saturated rings. The van der Waals surface area contributed by atoms with Crippen LogP contribution in [0, 0.1) is 5.92 Å². The number of carbonyl (C=O) groups excluding carboxylic acids is 2. The standard InChI is InChI=1S/C17H22N4O2/c1-3-6-11(2)21-10-12(9-15(21)22)16(23)20-17-18-13-7-4-5-8-14(13)19-17/h4-5,7-8,11-12H,3,6,9-10H2,1-2H3,(H2,18,19,20,23)/t11-,12-/m1/s1. The lowest BCUT2D eigenvalue weighted by Crippen LogP contribution is -2.35. The van der Waals surface area contributed by atoms with E-state index in [9.17, 15) is 9.59 Å². The lowest BCUT2D eigenvalue weighted by molar-refractivity contribution is -0.129. The Morgan fingerprint density at radius 2 is 2.26 bits per heavy atom. The minimum absolute atomic E-state index is 0.0655. The van der Waals surface area contributed by atoms with Gasteiger partial charge in [0.05, 0.1) is 17.0 Å². The molecular weight excluding hydrogens is 292 g/mol. The fourth-order valence-electron chi connectivity index (χ4n) is 3.14. The maximum atomic E-state index is 12.4. The number of benzene rings is 1. The molecular formula is C17H22N4O2. The Hall–Kier alpha value is -2.37. The monoisotopic (exact) mass is 314 g/mol. The van der Waals surface area contributed by atoms with Crippen molar-refractivity contribution in [2.24, 2.45) is 5.92 Å². The van der Waals surface area contributed by atoms with Gasteiger partial charge in [-0.05, 0) is 25.5 Å². The van der Waals surface area contributed by atoms with E-state index in [1.54, 1.807) is 0 Å². The summed E-state index contributed by atoms with van der Waals surface area (Å²) in [5, 5.41) is 2.80. The summed E-state index contributed by atoms with van der Waals surface area (Å²) in [6.07, 6.45) is 2.27. The van der Waals surface area contributed by atoms with Crippen LogP contribution in [-0.4, -0.2) is 39.3 Å². The van der Waals surface area contributed by atoms with E-state index in [0.717, 1.165) is 23.9 Å². The van der Waals surface area contributed by atoms with E-state index in [1.165, 1.54) is 0 Å². The summed E-state index contributed by atoms with van der Waals surface area (Å²) >= 11 is 0. The number of amides is 2. The Labute approximate surface area is 135 Å². The normalized spacial score (nSPS) is 19.3. The number of para-hydroxylation sites is 2. The summed E-state index contributed by atoms with van der Waals surface area (Å²) in [5.41, 5.74) is 1.69. The first-order valence-electron chi connectivity index (χ1n) is 8.13. The molecule has 0 radical (unpaired) electrons. The van der Waals surface area contributed by atoms with Gasteiger partial charge in [0.1, 0.15) is 0 Å². The van der Waals surface area contributed by atoms with Crippen LogP contribution < -0.4 is 5.32 Å². The average molecular weight is 314 g/mol. The van der Waals surface area contributed by atoms with E-state index in [1.807, 2.05) is 36.1 Å². The quantitative estimate of drug-likeness (QED) is 0.890. The summed E-state index contributed by atoms with van der Waals surface area (Å²) in [6, 6.07) is 7.79. The van der Waals surface area contributed by atoms with Crippen molar-refractivity contribution in [3.8, 4) is 0 Å². The highest BCUT2D eigenvalue weighted by Gasteiger charge is 2.36. The second kappa shape index (κ2) is 6.40. The predicted octanol–water partition coefficient (Wildman–Crippen LogP) is 2.54. The van der Waals surface area contributed by atoms with Crippen LogP contribution in [0.25, 0.3) is 11.0 Å². The molecule has 0 unspecified atom stereocenters. The van der Waals surface area contributed by atoms with Crippen molar-refractivity contribution in [1.29, 1.82) is 0 Å². The first kappa shape index (κ1) is 15.5. The zero-order chi connectivity index (χ0) is 16.4. The van der Waals surface area contributed by atoms with Crippen LogP contribution in [0.2, 0.25) is 0 Å². The second-order valence-corrected chi connectivity index (χ2v) is 6.18. The predicted molar refractivity (Wildman–Crippen MR) is 88.9 cm³/mol. The number of rotatable bonds is 5. The SMILES string of the molecule is CCC[C@@H](C)N1C[C@H](C(=O)Nc2nc3ccccc3[nH]2)CC1=O. The van der Waals surface area contributed by atoms with E-state index in [0.29, 0.717) is 12.5 Å². The number of hydrogen-bond donors (Lipinski definition) is 2. The van der Waals surface area contributed by atoms with E-state index in [2.05, 4.69) is 22.2 Å². The number of carbonyl (C=O) groups is 2. The largest absolute Gasteiger partial charge is 0.339 e. The Kier molecular flexibility index (Phi) is 4.32. The number of hydrogen-bond acceptors (Lipinski definition) is 3. The van der Waals surface area contributed by atoms with Gasteiger partial charge in [-0.1, -0.05) is 25.5 Å². The third-order valence-corrected chi connectivity index (χ3v) is 4.40. The smallest absolute Gasteiger partial charge is 0.232 e. The maximum Gasteiger partial charge on any atom is 0.232 e. The molecule has 1 aromatic carbocycles. The number of fused-ring (bicyclic) bond motifs is 1. The number of anilines is 1. The van der Waals surface area contributed by atoms with Crippen LogP contribution >= 0.6 is 0 Å². The van der Waals surface area contributed by atoms with E-state index in [4.69, 9.17) is 0 Å². The molecule has 1 aromatic heterocycles. The van der Waals surface area contributed by atoms with E-state index in [-0.39, 0.29) is 30.2 Å². The van der Waals surface area contributed by atoms with Crippen LogP contribution in [0.5, 0.6) is 0 Å². The number of imidazole rings is 1. The molecule has 0 saturated carbocycles. The van der Waals surface area contributed by atoms with Crippen molar-refractivity contribution in [3.63, 3.8) is 0 Å². The molecule has 6 nitrogen and oxygen atoms in total. The third-order valence-electron chi connectivity index (χ3n) is 4.40. The molecule has 23 heavy (non-hydrogen) atoms. The molecule has 2 aromatic rings. The molecule has 6 heteroatoms. The molecule has 2 amide bonds. The van der Waals surface area contributed by atoms with Crippen molar-refractivity contribution >= 4 is 28.8 Å². The van der Waals surface area contributed by atoms with Gasteiger partial charge in [-0.15, -0.1) is 0 Å². The minimum atomic E-state index is -0.310. The van der Waals surface area contributed by atoms with Gasteiger partial charge in [-0.3, -0.25) is 14.9 Å². The molecule has 0 aliphatic carbocycles. The van der Waals surface area contributed by atoms with Crippen molar-refractivity contribution < 1.29 is 9.59 Å².